The predicted octanol–water partition coefficient (Wildman–Crippen LogP) is -0.398. The zero-order valence-electron chi connectivity index (χ0n) is 6.04. The predicted molar refractivity (Wildman–Crippen MR) is 48.5 cm³/mol. The summed E-state index contributed by atoms with van der Waals surface area (Å²) in [5.74, 6) is 0. The number of aliphatic hydroxyl groups excluding tert-OH is 1. The third-order valence-corrected chi connectivity index (χ3v) is 1.39. The summed E-state index contributed by atoms with van der Waals surface area (Å²) in [4.78, 5) is 0. The molecule has 11 heavy (non-hydrogen) atoms. The molecule has 0 aliphatic rings. The molecule has 0 amide bonds. The molecule has 0 fully saturated rings. The number of nitrogens with two attached hydrogens (primary N) is 2. The van der Waals surface area contributed by atoms with Crippen molar-refractivity contribution >= 4 is 24.5 Å². The summed E-state index contributed by atoms with van der Waals surface area (Å²) in [7, 11) is 3.35. The molecule has 1 aromatic rings. The van der Waals surface area contributed by atoms with Gasteiger partial charge in [-0.05, 0) is 0 Å². The average Bonchev–Trinajstić information content (AvgIpc) is 1.85. The second-order valence-corrected chi connectivity index (χ2v) is 2.29. The van der Waals surface area contributed by atoms with E-state index in [9.17, 15) is 0 Å². The first-order valence-electron chi connectivity index (χ1n) is 3.14. The molecule has 0 radical (unpaired) electrons. The van der Waals surface area contributed by atoms with E-state index in [1.165, 1.54) is 0 Å². The van der Waals surface area contributed by atoms with Crippen molar-refractivity contribution in [2.45, 2.75) is 0 Å². The van der Waals surface area contributed by atoms with Gasteiger partial charge in [-0.25, -0.2) is 0 Å². The molecule has 0 spiro atoms. The van der Waals surface area contributed by atoms with Crippen molar-refractivity contribution < 1.29 is 5.11 Å². The Morgan fingerprint density at radius 2 is 2.00 bits per heavy atom. The fourth-order valence-corrected chi connectivity index (χ4v) is 0.844. The standard InChI is InChI=1S/C7H9BN2O/c8-7(11)5-2-1-4(9)3-6(5)10/h1-3,8,11H,9-10H2. The van der Waals surface area contributed by atoms with Crippen molar-refractivity contribution in [3.05, 3.63) is 23.8 Å². The zero-order valence-corrected chi connectivity index (χ0v) is 6.04. The summed E-state index contributed by atoms with van der Waals surface area (Å²) in [6.07, 6.45) is 0. The monoisotopic (exact) mass is 148 g/mol. The van der Waals surface area contributed by atoms with Crippen molar-refractivity contribution in [1.82, 2.24) is 0 Å². The Balaban J connectivity index is 3.20. The van der Waals surface area contributed by atoms with Gasteiger partial charge in [0, 0.05) is 0 Å². The Morgan fingerprint density at radius 1 is 1.36 bits per heavy atom. The zero-order chi connectivity index (χ0) is 8.43. The molecule has 0 aliphatic carbocycles. The van der Waals surface area contributed by atoms with E-state index in [2.05, 4.69) is 7.49 Å². The van der Waals surface area contributed by atoms with Crippen LogP contribution in [0.25, 0.3) is 0 Å². The quantitative estimate of drug-likeness (QED) is 0.374. The molecule has 0 atom stereocenters. The maximum absolute atomic E-state index is 8.98. The minimum atomic E-state index is -0.0394. The van der Waals surface area contributed by atoms with Crippen molar-refractivity contribution in [1.29, 1.82) is 0 Å². The second kappa shape index (κ2) is 2.66. The van der Waals surface area contributed by atoms with Crippen LogP contribution in [-0.4, -0.2) is 18.2 Å². The first-order valence-corrected chi connectivity index (χ1v) is 3.14. The number of aliphatic hydroxyl groups is 1. The molecule has 0 saturated carbocycles. The van der Waals surface area contributed by atoms with Gasteiger partial charge >= 0.3 is 64.8 Å². The Kier molecular flexibility index (Phi) is 1.85. The SMILES string of the molecule is B=C(O)c1ccc(N)cc1N. The molecule has 0 heterocycles. The molecule has 1 aromatic carbocycles. The van der Waals surface area contributed by atoms with E-state index in [0.29, 0.717) is 16.9 Å². The van der Waals surface area contributed by atoms with Crippen LogP contribution in [0.3, 0.4) is 0 Å². The van der Waals surface area contributed by atoms with Crippen molar-refractivity contribution in [2.75, 3.05) is 11.5 Å². The van der Waals surface area contributed by atoms with Gasteiger partial charge < -0.3 is 0 Å². The fraction of sp³-hybridized carbons (Fsp3) is 0. The van der Waals surface area contributed by atoms with Gasteiger partial charge in [0.2, 0.25) is 0 Å². The molecule has 0 unspecified atom stereocenters. The van der Waals surface area contributed by atoms with Gasteiger partial charge in [0.05, 0.1) is 0 Å². The Labute approximate surface area is 65.7 Å². The van der Waals surface area contributed by atoms with E-state index >= 15 is 0 Å². The number of hydrogen-bond acceptors (Lipinski definition) is 3. The maximum atomic E-state index is 8.98. The normalized spacial score (nSPS) is 9.36. The molecule has 0 bridgehead atoms. The van der Waals surface area contributed by atoms with E-state index in [1.807, 2.05) is 0 Å². The van der Waals surface area contributed by atoms with Gasteiger partial charge in [-0.15, -0.1) is 0 Å². The second-order valence-electron chi connectivity index (χ2n) is 2.29. The third-order valence-electron chi connectivity index (χ3n) is 1.39. The summed E-state index contributed by atoms with van der Waals surface area (Å²) in [6, 6.07) is 4.87. The molecule has 3 nitrogen and oxygen atoms in total. The molecule has 0 aliphatic heterocycles. The van der Waals surface area contributed by atoms with Crippen LogP contribution >= 0.6 is 0 Å². The molecular weight excluding hydrogens is 139 g/mol. The van der Waals surface area contributed by atoms with Crippen LogP contribution in [0.5, 0.6) is 0 Å². The molecule has 4 heteroatoms. The van der Waals surface area contributed by atoms with Gasteiger partial charge in [0.1, 0.15) is 0 Å². The van der Waals surface area contributed by atoms with Crippen LogP contribution in [0.2, 0.25) is 0 Å². The number of benzene rings is 1. The summed E-state index contributed by atoms with van der Waals surface area (Å²) in [5, 5.41) is 8.98. The van der Waals surface area contributed by atoms with Crippen LogP contribution in [0.4, 0.5) is 11.4 Å². The van der Waals surface area contributed by atoms with E-state index < -0.39 is 0 Å². The molecule has 0 saturated heterocycles. The minimum absolute atomic E-state index is 0.0394. The Morgan fingerprint density at radius 3 is 2.45 bits per heavy atom. The third kappa shape index (κ3) is 1.52. The summed E-state index contributed by atoms with van der Waals surface area (Å²) >= 11 is 0. The van der Waals surface area contributed by atoms with Crippen LogP contribution in [0.15, 0.2) is 18.2 Å². The number of rotatable bonds is 1. The van der Waals surface area contributed by atoms with Crippen LogP contribution in [0, 0.1) is 0 Å². The molecule has 1 rings (SSSR count). The summed E-state index contributed by atoms with van der Waals surface area (Å²) < 4.78 is 0. The Hall–Kier alpha value is -1.45. The van der Waals surface area contributed by atoms with Gasteiger partial charge in [0.15, 0.2) is 0 Å². The van der Waals surface area contributed by atoms with Gasteiger partial charge in [-0.1, -0.05) is 0 Å². The topological polar surface area (TPSA) is 72.3 Å². The van der Waals surface area contributed by atoms with Crippen LogP contribution in [-0.2, 0) is 0 Å². The van der Waals surface area contributed by atoms with Crippen LogP contribution < -0.4 is 11.5 Å². The van der Waals surface area contributed by atoms with E-state index in [1.54, 1.807) is 18.2 Å². The number of nitrogen functional groups attached to an aromatic ring is 2. The average molecular weight is 148 g/mol. The van der Waals surface area contributed by atoms with E-state index in [-0.39, 0.29) is 5.65 Å². The van der Waals surface area contributed by atoms with E-state index in [0.717, 1.165) is 0 Å². The Bertz CT molecular complexity index is 298. The molecular formula is C7H9BN2O. The molecule has 56 valence electrons. The van der Waals surface area contributed by atoms with Crippen molar-refractivity contribution in [3.8, 4) is 0 Å². The van der Waals surface area contributed by atoms with Crippen molar-refractivity contribution in [3.63, 3.8) is 0 Å². The van der Waals surface area contributed by atoms with Crippen molar-refractivity contribution in [2.24, 2.45) is 0 Å². The summed E-state index contributed by atoms with van der Waals surface area (Å²) in [6.45, 7) is 0. The van der Waals surface area contributed by atoms with E-state index in [4.69, 9.17) is 16.6 Å². The fourth-order valence-electron chi connectivity index (χ4n) is 0.844. The van der Waals surface area contributed by atoms with Gasteiger partial charge in [-0.3, -0.25) is 0 Å². The number of hydrogen-bond donors (Lipinski definition) is 3. The molecule has 5 N–H and O–H groups in total. The first kappa shape index (κ1) is 7.66. The van der Waals surface area contributed by atoms with Gasteiger partial charge in [-0.2, -0.15) is 0 Å². The van der Waals surface area contributed by atoms with Crippen LogP contribution in [0.1, 0.15) is 5.56 Å². The summed E-state index contributed by atoms with van der Waals surface area (Å²) in [5.41, 5.74) is 12.5. The first-order chi connectivity index (χ1) is 5.11. The molecule has 0 aromatic heterocycles. The van der Waals surface area contributed by atoms with Gasteiger partial charge in [0.25, 0.3) is 0 Å². The number of anilines is 2.